The van der Waals surface area contributed by atoms with E-state index in [1.807, 2.05) is 18.4 Å². The van der Waals surface area contributed by atoms with Gasteiger partial charge in [-0.1, -0.05) is 35.9 Å². The first-order chi connectivity index (χ1) is 12.2. The van der Waals surface area contributed by atoms with Crippen LogP contribution in [0, 0.1) is 6.92 Å². The van der Waals surface area contributed by atoms with Crippen LogP contribution >= 0.6 is 11.6 Å². The number of aryl methyl sites for hydroxylation is 1. The maximum absolute atomic E-state index is 6.46. The van der Waals surface area contributed by atoms with E-state index in [-0.39, 0.29) is 6.04 Å². The molecule has 0 amide bonds. The highest BCUT2D eigenvalue weighted by Crippen LogP contribution is 2.37. The fourth-order valence-corrected chi connectivity index (χ4v) is 4.09. The lowest BCUT2D eigenvalue weighted by atomic mass is 10.0. The lowest BCUT2D eigenvalue weighted by molar-refractivity contribution is 0.448. The van der Waals surface area contributed by atoms with Crippen molar-refractivity contribution in [3.63, 3.8) is 0 Å². The molecular formula is C21H17ClN2O. The van der Waals surface area contributed by atoms with Crippen molar-refractivity contribution < 1.29 is 4.42 Å². The molecule has 1 aliphatic rings. The monoisotopic (exact) mass is 348 g/mol. The number of aromatic nitrogens is 1. The second kappa shape index (κ2) is 5.51. The summed E-state index contributed by atoms with van der Waals surface area (Å²) in [5.41, 5.74) is 4.60. The van der Waals surface area contributed by atoms with Gasteiger partial charge in [-0.25, -0.2) is 0 Å². The van der Waals surface area contributed by atoms with E-state index in [9.17, 15) is 0 Å². The van der Waals surface area contributed by atoms with Gasteiger partial charge >= 0.3 is 0 Å². The van der Waals surface area contributed by atoms with Crippen molar-refractivity contribution in [2.45, 2.75) is 19.5 Å². The quantitative estimate of drug-likeness (QED) is 0.500. The van der Waals surface area contributed by atoms with Crippen LogP contribution in [0.3, 0.4) is 0 Å². The van der Waals surface area contributed by atoms with E-state index in [0.29, 0.717) is 6.54 Å². The van der Waals surface area contributed by atoms with Gasteiger partial charge in [-0.3, -0.25) is 5.32 Å². The minimum Gasteiger partial charge on any atom is -0.466 e. The van der Waals surface area contributed by atoms with Crippen LogP contribution in [-0.2, 0) is 6.54 Å². The molecule has 1 N–H and O–H groups in total. The molecule has 1 unspecified atom stereocenters. The third-order valence-corrected chi connectivity index (χ3v) is 5.39. The highest BCUT2D eigenvalue weighted by molar-refractivity contribution is 6.31. The Morgan fingerprint density at radius 3 is 2.92 bits per heavy atom. The molecule has 0 spiro atoms. The third-order valence-electron chi connectivity index (χ3n) is 5.04. The topological polar surface area (TPSA) is 30.1 Å². The van der Waals surface area contributed by atoms with Gasteiger partial charge in [-0.15, -0.1) is 0 Å². The standard InChI is InChI=1S/C21H17ClN2O/c1-13-5-2-6-14-12-25-21(19(13)14)20-18-9-4-10-24(18)17-8-3-7-16(22)15(17)11-23-20/h2-10,12,20,23H,11H2,1H3. The molecule has 0 bridgehead atoms. The van der Waals surface area contributed by atoms with Gasteiger partial charge in [-0.05, 0) is 36.8 Å². The average molecular weight is 349 g/mol. The maximum Gasteiger partial charge on any atom is 0.134 e. The molecule has 1 aliphatic heterocycles. The van der Waals surface area contributed by atoms with Crippen LogP contribution in [0.15, 0.2) is 65.4 Å². The summed E-state index contributed by atoms with van der Waals surface area (Å²) in [6.07, 6.45) is 3.93. The highest BCUT2D eigenvalue weighted by Gasteiger charge is 2.27. The predicted octanol–water partition coefficient (Wildman–Crippen LogP) is 5.38. The Bertz CT molecular complexity index is 1090. The summed E-state index contributed by atoms with van der Waals surface area (Å²) in [5.74, 6) is 0.956. The van der Waals surface area contributed by atoms with Crippen molar-refractivity contribution in [3.05, 3.63) is 88.6 Å². The van der Waals surface area contributed by atoms with Crippen LogP contribution in [0.1, 0.15) is 28.6 Å². The van der Waals surface area contributed by atoms with E-state index < -0.39 is 0 Å². The van der Waals surface area contributed by atoms with E-state index in [2.05, 4.69) is 59.4 Å². The Labute approximate surface area is 150 Å². The maximum atomic E-state index is 6.46. The molecule has 4 heteroatoms. The minimum atomic E-state index is -0.0305. The van der Waals surface area contributed by atoms with E-state index in [4.69, 9.17) is 16.0 Å². The molecule has 25 heavy (non-hydrogen) atoms. The summed E-state index contributed by atoms with van der Waals surface area (Å²) in [6, 6.07) is 16.5. The summed E-state index contributed by atoms with van der Waals surface area (Å²) >= 11 is 6.46. The van der Waals surface area contributed by atoms with Gasteiger partial charge in [0.15, 0.2) is 0 Å². The van der Waals surface area contributed by atoms with E-state index >= 15 is 0 Å². The van der Waals surface area contributed by atoms with Crippen molar-refractivity contribution in [3.8, 4) is 5.69 Å². The molecule has 2 aromatic heterocycles. The molecule has 3 heterocycles. The van der Waals surface area contributed by atoms with Gasteiger partial charge in [0.25, 0.3) is 0 Å². The van der Waals surface area contributed by atoms with E-state index in [1.165, 1.54) is 10.9 Å². The zero-order valence-electron chi connectivity index (χ0n) is 13.8. The van der Waals surface area contributed by atoms with Crippen LogP contribution < -0.4 is 5.32 Å². The molecule has 2 aromatic carbocycles. The highest BCUT2D eigenvalue weighted by atomic mass is 35.5. The Morgan fingerprint density at radius 1 is 1.12 bits per heavy atom. The SMILES string of the molecule is Cc1cccc2coc(C3NCc4c(Cl)cccc4-n4cccc43)c12. The second-order valence-electron chi connectivity index (χ2n) is 6.49. The van der Waals surface area contributed by atoms with E-state index in [1.54, 1.807) is 0 Å². The Balaban J connectivity index is 1.74. The first-order valence-electron chi connectivity index (χ1n) is 8.39. The first kappa shape index (κ1) is 14.8. The van der Waals surface area contributed by atoms with Crippen LogP contribution in [0.25, 0.3) is 16.5 Å². The lowest BCUT2D eigenvalue weighted by Gasteiger charge is -2.16. The van der Waals surface area contributed by atoms with Crippen molar-refractivity contribution >= 4 is 22.4 Å². The Hall–Kier alpha value is -2.49. The molecule has 1 atom stereocenters. The number of nitrogens with one attached hydrogen (secondary N) is 1. The predicted molar refractivity (Wildman–Crippen MR) is 100 cm³/mol. The zero-order chi connectivity index (χ0) is 17.0. The average Bonchev–Trinajstić information content (AvgIpc) is 3.22. The van der Waals surface area contributed by atoms with Gasteiger partial charge in [0.2, 0.25) is 0 Å². The summed E-state index contributed by atoms with van der Waals surface area (Å²) in [5, 5.41) is 6.75. The molecule has 0 saturated heterocycles. The Kier molecular flexibility index (Phi) is 3.27. The number of furan rings is 1. The minimum absolute atomic E-state index is 0.0305. The van der Waals surface area contributed by atoms with E-state index in [0.717, 1.165) is 33.1 Å². The normalized spacial score (nSPS) is 16.5. The molecular weight excluding hydrogens is 332 g/mol. The molecule has 3 nitrogen and oxygen atoms in total. The molecule has 0 saturated carbocycles. The van der Waals surface area contributed by atoms with Crippen molar-refractivity contribution in [2.75, 3.05) is 0 Å². The summed E-state index contributed by atoms with van der Waals surface area (Å²) in [4.78, 5) is 0. The number of rotatable bonds is 1. The van der Waals surface area contributed by atoms with Crippen LogP contribution in [0.5, 0.6) is 0 Å². The van der Waals surface area contributed by atoms with Crippen LogP contribution in [0.4, 0.5) is 0 Å². The molecule has 0 radical (unpaired) electrons. The number of hydrogen-bond acceptors (Lipinski definition) is 2. The van der Waals surface area contributed by atoms with Crippen molar-refractivity contribution in [1.29, 1.82) is 0 Å². The lowest BCUT2D eigenvalue weighted by Crippen LogP contribution is -2.21. The number of hydrogen-bond donors (Lipinski definition) is 1. The number of fused-ring (bicyclic) bond motifs is 4. The zero-order valence-corrected chi connectivity index (χ0v) is 14.5. The summed E-state index contributed by atoms with van der Waals surface area (Å²) < 4.78 is 8.24. The summed E-state index contributed by atoms with van der Waals surface area (Å²) in [7, 11) is 0. The van der Waals surface area contributed by atoms with Crippen molar-refractivity contribution in [2.24, 2.45) is 0 Å². The van der Waals surface area contributed by atoms with Gasteiger partial charge in [0, 0.05) is 39.8 Å². The third kappa shape index (κ3) is 2.16. The molecule has 0 fully saturated rings. The number of nitrogens with zero attached hydrogens (tertiary/aromatic N) is 1. The van der Waals surface area contributed by atoms with Gasteiger partial charge in [0.05, 0.1) is 12.0 Å². The molecule has 0 aliphatic carbocycles. The van der Waals surface area contributed by atoms with Crippen LogP contribution in [0.2, 0.25) is 5.02 Å². The van der Waals surface area contributed by atoms with Crippen molar-refractivity contribution in [1.82, 2.24) is 9.88 Å². The molecule has 5 rings (SSSR count). The van der Waals surface area contributed by atoms with Gasteiger partial charge in [0.1, 0.15) is 11.8 Å². The first-order valence-corrected chi connectivity index (χ1v) is 8.77. The second-order valence-corrected chi connectivity index (χ2v) is 6.90. The van der Waals surface area contributed by atoms with Gasteiger partial charge in [-0.2, -0.15) is 0 Å². The fourth-order valence-electron chi connectivity index (χ4n) is 3.86. The number of benzene rings is 2. The number of halogens is 1. The Morgan fingerprint density at radius 2 is 2.00 bits per heavy atom. The summed E-state index contributed by atoms with van der Waals surface area (Å²) in [6.45, 7) is 2.82. The fraction of sp³-hybridized carbons (Fsp3) is 0.143. The van der Waals surface area contributed by atoms with Gasteiger partial charge < -0.3 is 8.98 Å². The molecule has 4 aromatic rings. The largest absolute Gasteiger partial charge is 0.466 e. The van der Waals surface area contributed by atoms with Crippen LogP contribution in [-0.4, -0.2) is 4.57 Å². The smallest absolute Gasteiger partial charge is 0.134 e. The molecule has 124 valence electrons.